The number of rotatable bonds is 6. The quantitative estimate of drug-likeness (QED) is 0.437. The minimum absolute atomic E-state index is 0.279. The van der Waals surface area contributed by atoms with Gasteiger partial charge in [0.15, 0.2) is 0 Å². The predicted octanol–water partition coefficient (Wildman–Crippen LogP) is 4.47. The molecular formula is C17H16FO5P. The average molecular weight is 350 g/mol. The lowest BCUT2D eigenvalue weighted by molar-refractivity contribution is 0.0635. The summed E-state index contributed by atoms with van der Waals surface area (Å²) >= 11 is 0. The summed E-state index contributed by atoms with van der Waals surface area (Å²) in [6.45, 7) is 0. The molecule has 0 amide bonds. The Balaban J connectivity index is 2.38. The van der Waals surface area contributed by atoms with Gasteiger partial charge in [-0.3, -0.25) is 4.57 Å². The van der Waals surface area contributed by atoms with Crippen molar-refractivity contribution < 1.29 is 27.5 Å². The zero-order chi connectivity index (χ0) is 17.6. The minimum atomic E-state index is -3.82. The molecule has 0 saturated carbocycles. The van der Waals surface area contributed by atoms with E-state index in [1.807, 2.05) is 0 Å². The molecule has 0 spiro atoms. The maximum Gasteiger partial charge on any atom is 0.395 e. The fraction of sp³-hybridized carbons (Fsp3) is 0.118. The van der Waals surface area contributed by atoms with E-state index in [1.54, 1.807) is 30.3 Å². The van der Waals surface area contributed by atoms with Crippen molar-refractivity contribution in [3.63, 3.8) is 0 Å². The summed E-state index contributed by atoms with van der Waals surface area (Å²) < 4.78 is 40.7. The summed E-state index contributed by atoms with van der Waals surface area (Å²) in [5.74, 6) is -1.13. The lowest BCUT2D eigenvalue weighted by atomic mass is 10.2. The molecular weight excluding hydrogens is 334 g/mol. The van der Waals surface area contributed by atoms with Crippen molar-refractivity contribution in [3.8, 4) is 0 Å². The van der Waals surface area contributed by atoms with Crippen molar-refractivity contribution in [1.82, 2.24) is 0 Å². The van der Waals surface area contributed by atoms with Gasteiger partial charge in [0.1, 0.15) is 5.82 Å². The van der Waals surface area contributed by atoms with Gasteiger partial charge in [-0.25, -0.2) is 9.18 Å². The highest BCUT2D eigenvalue weighted by atomic mass is 31.2. The van der Waals surface area contributed by atoms with Gasteiger partial charge in [0.2, 0.25) is 5.50 Å². The molecule has 0 bridgehead atoms. The van der Waals surface area contributed by atoms with E-state index in [-0.39, 0.29) is 11.1 Å². The number of carbonyl (C=O) groups is 1. The van der Waals surface area contributed by atoms with Gasteiger partial charge in [0.05, 0.1) is 5.56 Å². The zero-order valence-corrected chi connectivity index (χ0v) is 14.0. The zero-order valence-electron chi connectivity index (χ0n) is 13.1. The SMILES string of the molecule is COP(=O)(OC)/C(=C\c1ccc(F)cc1)OC(=O)c1ccccc1. The van der Waals surface area contributed by atoms with Crippen LogP contribution in [0.15, 0.2) is 60.1 Å². The van der Waals surface area contributed by atoms with Crippen LogP contribution in [0.4, 0.5) is 4.39 Å². The van der Waals surface area contributed by atoms with Crippen LogP contribution in [-0.4, -0.2) is 20.2 Å². The first-order valence-corrected chi connectivity index (χ1v) is 8.49. The van der Waals surface area contributed by atoms with Crippen LogP contribution >= 0.6 is 7.60 Å². The van der Waals surface area contributed by atoms with Crippen LogP contribution in [0.25, 0.3) is 6.08 Å². The van der Waals surface area contributed by atoms with Gasteiger partial charge in [-0.2, -0.15) is 0 Å². The molecule has 5 nitrogen and oxygen atoms in total. The fourth-order valence-corrected chi connectivity index (χ4v) is 2.86. The molecule has 0 heterocycles. The smallest absolute Gasteiger partial charge is 0.395 e. The number of benzene rings is 2. The van der Waals surface area contributed by atoms with Crippen LogP contribution in [0.5, 0.6) is 0 Å². The molecule has 2 aromatic rings. The Morgan fingerprint density at radius 1 is 1.00 bits per heavy atom. The van der Waals surface area contributed by atoms with Gasteiger partial charge >= 0.3 is 13.6 Å². The van der Waals surface area contributed by atoms with E-state index >= 15 is 0 Å². The highest BCUT2D eigenvalue weighted by Crippen LogP contribution is 2.55. The Bertz CT molecular complexity index is 763. The molecule has 0 aliphatic rings. The van der Waals surface area contributed by atoms with Crippen molar-refractivity contribution >= 4 is 19.6 Å². The predicted molar refractivity (Wildman–Crippen MR) is 87.9 cm³/mol. The summed E-state index contributed by atoms with van der Waals surface area (Å²) in [7, 11) is -1.46. The lowest BCUT2D eigenvalue weighted by Crippen LogP contribution is -2.07. The van der Waals surface area contributed by atoms with E-state index in [4.69, 9.17) is 13.8 Å². The Kier molecular flexibility index (Phi) is 6.04. The number of esters is 1. The van der Waals surface area contributed by atoms with Gasteiger partial charge in [0, 0.05) is 14.2 Å². The standard InChI is InChI=1S/C17H16FO5P/c1-21-24(20,22-2)16(12-13-8-10-15(18)11-9-13)23-17(19)14-6-4-3-5-7-14/h3-12H,1-2H3/b16-12-. The van der Waals surface area contributed by atoms with E-state index < -0.39 is 19.4 Å². The van der Waals surface area contributed by atoms with Crippen LogP contribution in [0, 0.1) is 5.82 Å². The number of halogens is 1. The van der Waals surface area contributed by atoms with Crippen molar-refractivity contribution in [2.75, 3.05) is 14.2 Å². The second kappa shape index (κ2) is 8.02. The lowest BCUT2D eigenvalue weighted by Gasteiger charge is -2.17. The summed E-state index contributed by atoms with van der Waals surface area (Å²) in [6.07, 6.45) is 1.31. The Labute approximate surface area is 139 Å². The topological polar surface area (TPSA) is 61.8 Å². The van der Waals surface area contributed by atoms with Crippen molar-refractivity contribution in [3.05, 3.63) is 77.0 Å². The molecule has 0 saturated heterocycles. The second-order valence-corrected chi connectivity index (χ2v) is 6.82. The Morgan fingerprint density at radius 2 is 1.58 bits per heavy atom. The molecule has 0 atom stereocenters. The second-order valence-electron chi connectivity index (χ2n) is 4.65. The van der Waals surface area contributed by atoms with Gasteiger partial charge in [-0.1, -0.05) is 30.3 Å². The van der Waals surface area contributed by atoms with Crippen LogP contribution in [0.3, 0.4) is 0 Å². The summed E-state index contributed by atoms with van der Waals surface area (Å²) in [5, 5.41) is 0. The maximum absolute atomic E-state index is 13.0. The third kappa shape index (κ3) is 4.38. The number of hydrogen-bond acceptors (Lipinski definition) is 5. The number of ether oxygens (including phenoxy) is 1. The molecule has 24 heavy (non-hydrogen) atoms. The summed E-state index contributed by atoms with van der Waals surface area (Å²) in [6, 6.07) is 13.6. The maximum atomic E-state index is 13.0. The molecule has 7 heteroatoms. The first-order valence-electron chi connectivity index (χ1n) is 6.95. The molecule has 126 valence electrons. The van der Waals surface area contributed by atoms with Crippen molar-refractivity contribution in [2.45, 2.75) is 0 Å². The van der Waals surface area contributed by atoms with Crippen LogP contribution in [0.2, 0.25) is 0 Å². The van der Waals surface area contributed by atoms with Crippen molar-refractivity contribution in [1.29, 1.82) is 0 Å². The summed E-state index contributed by atoms with van der Waals surface area (Å²) in [5.41, 5.74) is 0.468. The Morgan fingerprint density at radius 3 is 2.12 bits per heavy atom. The highest BCUT2D eigenvalue weighted by molar-refractivity contribution is 7.58. The van der Waals surface area contributed by atoms with E-state index in [0.717, 1.165) is 0 Å². The van der Waals surface area contributed by atoms with Crippen LogP contribution in [-0.2, 0) is 18.3 Å². The monoisotopic (exact) mass is 350 g/mol. The minimum Gasteiger partial charge on any atom is -0.414 e. The Hall–Kier alpha value is -2.27. The first-order chi connectivity index (χ1) is 11.5. The van der Waals surface area contributed by atoms with Gasteiger partial charge < -0.3 is 13.8 Å². The van der Waals surface area contributed by atoms with Crippen LogP contribution in [0.1, 0.15) is 15.9 Å². The van der Waals surface area contributed by atoms with E-state index in [2.05, 4.69) is 0 Å². The van der Waals surface area contributed by atoms with Crippen molar-refractivity contribution in [2.24, 2.45) is 0 Å². The molecule has 2 aromatic carbocycles. The molecule has 0 aliphatic heterocycles. The van der Waals surface area contributed by atoms with Gasteiger partial charge in [0.25, 0.3) is 0 Å². The molecule has 0 aromatic heterocycles. The highest BCUT2D eigenvalue weighted by Gasteiger charge is 2.32. The fourth-order valence-electron chi connectivity index (χ4n) is 1.85. The van der Waals surface area contributed by atoms with Crippen LogP contribution < -0.4 is 0 Å². The first kappa shape index (κ1) is 18.1. The van der Waals surface area contributed by atoms with E-state index in [9.17, 15) is 13.8 Å². The number of carbonyl (C=O) groups excluding carboxylic acids is 1. The van der Waals surface area contributed by atoms with Gasteiger partial charge in [-0.15, -0.1) is 0 Å². The molecule has 0 fully saturated rings. The third-order valence-electron chi connectivity index (χ3n) is 3.12. The average Bonchev–Trinajstić information content (AvgIpc) is 2.63. The largest absolute Gasteiger partial charge is 0.414 e. The van der Waals surface area contributed by atoms with E-state index in [1.165, 1.54) is 44.6 Å². The third-order valence-corrected chi connectivity index (χ3v) is 4.84. The molecule has 0 unspecified atom stereocenters. The normalized spacial score (nSPS) is 12.0. The molecule has 2 rings (SSSR count). The number of hydrogen-bond donors (Lipinski definition) is 0. The molecule has 0 N–H and O–H groups in total. The molecule has 0 radical (unpaired) electrons. The summed E-state index contributed by atoms with van der Waals surface area (Å²) in [4.78, 5) is 12.2. The van der Waals surface area contributed by atoms with Gasteiger partial charge in [-0.05, 0) is 35.9 Å². The van der Waals surface area contributed by atoms with E-state index in [0.29, 0.717) is 5.56 Å². The molecule has 0 aliphatic carbocycles.